The van der Waals surface area contributed by atoms with Crippen LogP contribution in [0.4, 0.5) is 0 Å². The molecule has 0 unspecified atom stereocenters. The Labute approximate surface area is 714 Å². The third kappa shape index (κ3) is 12.1. The largest absolute Gasteiger partial charge is 0.455 e. The third-order valence-electron chi connectivity index (χ3n) is 24.0. The maximum Gasteiger partial charge on any atom is 0.235 e. The van der Waals surface area contributed by atoms with Gasteiger partial charge in [-0.1, -0.05) is 334 Å². The van der Waals surface area contributed by atoms with Crippen LogP contribution in [0.25, 0.3) is 231 Å². The highest BCUT2D eigenvalue weighted by Gasteiger charge is 2.26. The molecular formula is C112H70N10OS. The molecule has 0 radical (unpaired) electrons. The van der Waals surface area contributed by atoms with Crippen molar-refractivity contribution in [2.24, 2.45) is 0 Å². The number of aromatic nitrogens is 10. The molecule has 0 spiro atoms. The highest BCUT2D eigenvalue weighted by molar-refractivity contribution is 7.26. The predicted molar refractivity (Wildman–Crippen MR) is 514 cm³/mol. The molecule has 0 bridgehead atoms. The summed E-state index contributed by atoms with van der Waals surface area (Å²) in [7, 11) is 0. The summed E-state index contributed by atoms with van der Waals surface area (Å²) in [4.78, 5) is 30.9. The van der Waals surface area contributed by atoms with Gasteiger partial charge in [0.2, 0.25) is 11.9 Å². The molecule has 0 aliphatic rings. The second kappa shape index (κ2) is 29.8. The zero-order valence-corrected chi connectivity index (χ0v) is 67.5. The Kier molecular flexibility index (Phi) is 17.2. The number of benzene rings is 17. The van der Waals surface area contributed by atoms with E-state index in [0.29, 0.717) is 17.7 Å². The molecule has 0 saturated heterocycles. The van der Waals surface area contributed by atoms with Crippen LogP contribution in [-0.4, -0.2) is 48.2 Å². The van der Waals surface area contributed by atoms with Crippen molar-refractivity contribution in [3.8, 4) is 91.1 Å². The van der Waals surface area contributed by atoms with Crippen LogP contribution in [0.2, 0.25) is 0 Å². The lowest BCUT2D eigenvalue weighted by molar-refractivity contribution is 0.673. The second-order valence-electron chi connectivity index (χ2n) is 31.2. The molecule has 11 nitrogen and oxygen atoms in total. The van der Waals surface area contributed by atoms with E-state index in [0.717, 1.165) is 139 Å². The van der Waals surface area contributed by atoms with E-state index in [-0.39, 0.29) is 0 Å². The van der Waals surface area contributed by atoms with Crippen LogP contribution in [-0.2, 0) is 0 Å². The number of hydrogen-bond acceptors (Lipinski definition) is 8. The highest BCUT2D eigenvalue weighted by Crippen LogP contribution is 2.47. The Morgan fingerprint density at radius 2 is 0.629 bits per heavy atom. The van der Waals surface area contributed by atoms with Crippen molar-refractivity contribution in [3.05, 3.63) is 425 Å². The fourth-order valence-electron chi connectivity index (χ4n) is 18.3. The molecule has 0 aliphatic heterocycles. The fourth-order valence-corrected chi connectivity index (χ4v) is 19.6. The van der Waals surface area contributed by atoms with Crippen molar-refractivity contribution in [2.75, 3.05) is 0 Å². The van der Waals surface area contributed by atoms with E-state index in [4.69, 9.17) is 34.3 Å². The molecule has 12 heteroatoms. The van der Waals surface area contributed by atoms with Gasteiger partial charge in [-0.2, -0.15) is 0 Å². The van der Waals surface area contributed by atoms with Gasteiger partial charge in [0, 0.05) is 119 Å². The molecule has 124 heavy (non-hydrogen) atoms. The summed E-state index contributed by atoms with van der Waals surface area (Å²) in [5, 5.41) is 16.8. The first-order valence-electron chi connectivity index (χ1n) is 41.6. The van der Waals surface area contributed by atoms with Crippen molar-refractivity contribution in [1.29, 1.82) is 0 Å². The molecule has 17 aromatic carbocycles. The summed E-state index contributed by atoms with van der Waals surface area (Å²) < 4.78 is 18.2. The van der Waals surface area contributed by atoms with Gasteiger partial charge in [-0.15, -0.1) is 11.3 Å². The van der Waals surface area contributed by atoms with Gasteiger partial charge in [0.05, 0.1) is 78.0 Å². The first kappa shape index (κ1) is 71.6. The molecule has 9 heterocycles. The van der Waals surface area contributed by atoms with Crippen molar-refractivity contribution < 1.29 is 4.42 Å². The quantitative estimate of drug-likeness (QED) is 0.134. The van der Waals surface area contributed by atoms with E-state index in [9.17, 15) is 0 Å². The number of rotatable bonds is 10. The molecule has 26 rings (SSSR count). The monoisotopic (exact) mass is 1600 g/mol. The summed E-state index contributed by atoms with van der Waals surface area (Å²) >= 11 is 1.86. The summed E-state index contributed by atoms with van der Waals surface area (Å²) in [6.45, 7) is 0. The van der Waals surface area contributed by atoms with Crippen LogP contribution >= 0.6 is 11.3 Å². The van der Waals surface area contributed by atoms with Gasteiger partial charge in [0.1, 0.15) is 17.0 Å². The minimum atomic E-state index is 0.631. The molecule has 0 fully saturated rings. The molecule has 0 amide bonds. The second-order valence-corrected chi connectivity index (χ2v) is 32.2. The maximum atomic E-state index is 6.45. The lowest BCUT2D eigenvalue weighted by Crippen LogP contribution is -2.03. The van der Waals surface area contributed by atoms with E-state index in [2.05, 4.69) is 358 Å². The normalized spacial score (nSPS) is 11.7. The first-order chi connectivity index (χ1) is 61.5. The Morgan fingerprint density at radius 1 is 0.226 bits per heavy atom. The van der Waals surface area contributed by atoms with E-state index in [1.165, 1.54) is 74.3 Å². The van der Waals surface area contributed by atoms with Crippen LogP contribution < -0.4 is 0 Å². The molecular weight excluding hydrogens is 1530 g/mol. The van der Waals surface area contributed by atoms with Crippen molar-refractivity contribution in [2.45, 2.75) is 0 Å². The van der Waals surface area contributed by atoms with Gasteiger partial charge in [0.25, 0.3) is 0 Å². The molecule has 0 aliphatic carbocycles. The molecule has 0 atom stereocenters. The van der Waals surface area contributed by atoms with Gasteiger partial charge in [-0.25, -0.2) is 29.9 Å². The zero-order chi connectivity index (χ0) is 81.7. The van der Waals surface area contributed by atoms with Gasteiger partial charge in [-0.05, 0) is 90.3 Å². The van der Waals surface area contributed by atoms with Crippen molar-refractivity contribution >= 4 is 151 Å². The Hall–Kier alpha value is -16.5. The average Bonchev–Trinajstić information content (AvgIpc) is 1.54. The van der Waals surface area contributed by atoms with Crippen molar-refractivity contribution in [3.63, 3.8) is 0 Å². The number of fused-ring (bicyclic) bond motifs is 22. The smallest absolute Gasteiger partial charge is 0.235 e. The Bertz CT molecular complexity index is 8180. The summed E-state index contributed by atoms with van der Waals surface area (Å²) in [5.41, 5.74) is 22.6. The third-order valence-corrected chi connectivity index (χ3v) is 25.2. The van der Waals surface area contributed by atoms with E-state index in [1.54, 1.807) is 0 Å². The highest BCUT2D eigenvalue weighted by atomic mass is 32.1. The SMILES string of the molecule is c1ccc(-c2cc(-c3ccccc3)nc(-n3c4ccccc4c4c5oc6ccccc6c5ccc43)n2)cc1.c1ccc(-c2cc(-c3ccccc3)nc(-n3c4ccccc4c4c5sc6ccccc6c5ccc43)n2)cc1.c1ccc(-c2cc(-n3c4ccccc4c4cc5c(cc43)c3ccc4ccccc4c3n5-c3ccccc3)nc(-c3ccccc3)n2)cc1. The number of thiophene rings is 1. The molecule has 0 saturated carbocycles. The summed E-state index contributed by atoms with van der Waals surface area (Å²) in [5.74, 6) is 2.85. The predicted octanol–water partition coefficient (Wildman–Crippen LogP) is 29.2. The number of para-hydroxylation sites is 5. The molecule has 580 valence electrons. The standard InChI is InChI=1S/C44H28N4.C34H21N3O.C34H21N3S/c1-4-15-30(16-5-1)38-28-42(46-44(45-38)31-17-6-2-7-18-31)48-39-23-13-12-22-34(39)36-26-40-37(27-41(36)48)35-25-24-29-14-10-11-21-33(29)43(35)47(40)32-19-8-3-9-20-32;2*1-3-11-22(12-4-1)27-21-28(23-13-5-2-6-14-23)36-34(35-27)37-29-17-9-7-16-26(29)32-30(37)20-19-25-24-15-8-10-18-31(24)38-33(25)32/h1-28H;2*1-21H. The number of hydrogen-bond donors (Lipinski definition) is 0. The van der Waals surface area contributed by atoms with Gasteiger partial charge in [0.15, 0.2) is 5.82 Å². The van der Waals surface area contributed by atoms with Crippen LogP contribution in [0.3, 0.4) is 0 Å². The average molecular weight is 1600 g/mol. The van der Waals surface area contributed by atoms with Gasteiger partial charge < -0.3 is 8.98 Å². The van der Waals surface area contributed by atoms with E-state index in [1.807, 2.05) is 96.3 Å². The topological polar surface area (TPSA) is 110 Å². The molecule has 9 aromatic heterocycles. The Balaban J connectivity index is 0.000000106. The Morgan fingerprint density at radius 3 is 1.19 bits per heavy atom. The van der Waals surface area contributed by atoms with Crippen LogP contribution in [0, 0.1) is 0 Å². The van der Waals surface area contributed by atoms with Crippen molar-refractivity contribution in [1.82, 2.24) is 48.2 Å². The van der Waals surface area contributed by atoms with Crippen LogP contribution in [0.5, 0.6) is 0 Å². The zero-order valence-electron chi connectivity index (χ0n) is 66.7. The first-order valence-corrected chi connectivity index (χ1v) is 42.5. The van der Waals surface area contributed by atoms with E-state index < -0.39 is 0 Å². The fraction of sp³-hybridized carbons (Fsp3) is 0. The lowest BCUT2D eigenvalue weighted by Gasteiger charge is -2.12. The minimum Gasteiger partial charge on any atom is -0.455 e. The van der Waals surface area contributed by atoms with Gasteiger partial charge in [-0.3, -0.25) is 13.7 Å². The van der Waals surface area contributed by atoms with E-state index >= 15 is 0 Å². The maximum absolute atomic E-state index is 6.45. The van der Waals surface area contributed by atoms with Crippen LogP contribution in [0.15, 0.2) is 429 Å². The minimum absolute atomic E-state index is 0.631. The summed E-state index contributed by atoms with van der Waals surface area (Å²) in [6, 6.07) is 148. The van der Waals surface area contributed by atoms with Gasteiger partial charge >= 0.3 is 0 Å². The lowest BCUT2D eigenvalue weighted by atomic mass is 10.0. The molecule has 0 N–H and O–H groups in total. The number of nitrogens with zero attached hydrogens (tertiary/aromatic N) is 10. The molecule has 26 aromatic rings. The number of furan rings is 1. The summed E-state index contributed by atoms with van der Waals surface area (Å²) in [6.07, 6.45) is 0. The van der Waals surface area contributed by atoms with Crippen LogP contribution in [0.1, 0.15) is 0 Å².